The summed E-state index contributed by atoms with van der Waals surface area (Å²) in [5.41, 5.74) is 0. The maximum Gasteiger partial charge on any atom is 0.00669 e. The molecule has 1 rings (SSSR count). The second-order valence-corrected chi connectivity index (χ2v) is 5.56. The van der Waals surface area contributed by atoms with Gasteiger partial charge in [-0.05, 0) is 38.6 Å². The van der Waals surface area contributed by atoms with E-state index in [0.29, 0.717) is 0 Å². The Morgan fingerprint density at radius 3 is 2.31 bits per heavy atom. The molecule has 1 aliphatic carbocycles. The van der Waals surface area contributed by atoms with Gasteiger partial charge in [0, 0.05) is 6.04 Å². The fraction of sp³-hybridized carbons (Fsp3) is 1.00. The van der Waals surface area contributed by atoms with Crippen molar-refractivity contribution in [3.63, 3.8) is 0 Å². The molecule has 0 radical (unpaired) electrons. The molecule has 1 N–H and O–H groups in total. The van der Waals surface area contributed by atoms with Crippen molar-refractivity contribution in [2.75, 3.05) is 6.54 Å². The quantitative estimate of drug-likeness (QED) is 0.569. The van der Waals surface area contributed by atoms with Gasteiger partial charge in [-0.25, -0.2) is 0 Å². The van der Waals surface area contributed by atoms with E-state index in [1.807, 2.05) is 0 Å². The minimum Gasteiger partial charge on any atom is -0.314 e. The molecule has 96 valence electrons. The molecule has 0 amide bonds. The molecular formula is C15H31N. The van der Waals surface area contributed by atoms with Crippen molar-refractivity contribution in [1.82, 2.24) is 5.32 Å². The molecule has 0 bridgehead atoms. The van der Waals surface area contributed by atoms with Crippen LogP contribution in [0.4, 0.5) is 0 Å². The van der Waals surface area contributed by atoms with Gasteiger partial charge < -0.3 is 5.32 Å². The number of hydrogen-bond acceptors (Lipinski definition) is 1. The lowest BCUT2D eigenvalue weighted by Crippen LogP contribution is -2.32. The number of unbranched alkanes of at least 4 members (excludes halogenated alkanes) is 5. The Morgan fingerprint density at radius 2 is 1.62 bits per heavy atom. The molecule has 1 unspecified atom stereocenters. The molecule has 0 aliphatic heterocycles. The van der Waals surface area contributed by atoms with Gasteiger partial charge in [-0.1, -0.05) is 51.9 Å². The van der Waals surface area contributed by atoms with Gasteiger partial charge in [0.1, 0.15) is 0 Å². The smallest absolute Gasteiger partial charge is 0.00669 e. The molecule has 0 aromatic rings. The summed E-state index contributed by atoms with van der Waals surface area (Å²) >= 11 is 0. The standard InChI is InChI=1S/C15H31N/c1-3-4-5-6-7-10-13-16-14(2)15-11-8-9-12-15/h14-16H,3-13H2,1-2H3. The third-order valence-corrected chi connectivity index (χ3v) is 4.10. The van der Waals surface area contributed by atoms with Gasteiger partial charge in [-0.3, -0.25) is 0 Å². The van der Waals surface area contributed by atoms with Crippen LogP contribution in [0.5, 0.6) is 0 Å². The summed E-state index contributed by atoms with van der Waals surface area (Å²) in [6.45, 7) is 5.90. The SMILES string of the molecule is CCCCCCCCNC(C)C1CCCC1. The van der Waals surface area contributed by atoms with E-state index < -0.39 is 0 Å². The van der Waals surface area contributed by atoms with Crippen LogP contribution in [-0.2, 0) is 0 Å². The molecule has 0 heterocycles. The third-order valence-electron chi connectivity index (χ3n) is 4.10. The van der Waals surface area contributed by atoms with Crippen molar-refractivity contribution in [1.29, 1.82) is 0 Å². The molecule has 0 aromatic heterocycles. The summed E-state index contributed by atoms with van der Waals surface area (Å²) in [5, 5.41) is 3.72. The van der Waals surface area contributed by atoms with E-state index in [9.17, 15) is 0 Å². The Balaban J connectivity index is 1.86. The highest BCUT2D eigenvalue weighted by atomic mass is 14.9. The molecule has 1 fully saturated rings. The number of rotatable bonds is 9. The Bertz CT molecular complexity index is 150. The second-order valence-electron chi connectivity index (χ2n) is 5.56. The zero-order valence-electron chi connectivity index (χ0n) is 11.4. The maximum atomic E-state index is 3.72. The highest BCUT2D eigenvalue weighted by Gasteiger charge is 2.20. The van der Waals surface area contributed by atoms with Gasteiger partial charge in [0.25, 0.3) is 0 Å². The van der Waals surface area contributed by atoms with Crippen LogP contribution in [0.25, 0.3) is 0 Å². The molecule has 1 aliphatic rings. The Kier molecular flexibility index (Phi) is 7.92. The maximum absolute atomic E-state index is 3.72. The first-order valence-corrected chi connectivity index (χ1v) is 7.58. The molecule has 0 aromatic carbocycles. The lowest BCUT2D eigenvalue weighted by Gasteiger charge is -2.20. The van der Waals surface area contributed by atoms with Crippen LogP contribution in [0.2, 0.25) is 0 Å². The zero-order valence-corrected chi connectivity index (χ0v) is 11.4. The summed E-state index contributed by atoms with van der Waals surface area (Å²) in [4.78, 5) is 0. The molecule has 1 saturated carbocycles. The lowest BCUT2D eigenvalue weighted by atomic mass is 10.00. The molecule has 16 heavy (non-hydrogen) atoms. The predicted molar refractivity (Wildman–Crippen MR) is 72.8 cm³/mol. The van der Waals surface area contributed by atoms with Gasteiger partial charge in [0.15, 0.2) is 0 Å². The predicted octanol–water partition coefficient (Wildman–Crippen LogP) is 4.52. The van der Waals surface area contributed by atoms with Crippen LogP contribution >= 0.6 is 0 Å². The first kappa shape index (κ1) is 14.0. The van der Waals surface area contributed by atoms with Crippen molar-refractivity contribution < 1.29 is 0 Å². The summed E-state index contributed by atoms with van der Waals surface area (Å²) < 4.78 is 0. The third kappa shape index (κ3) is 5.89. The van der Waals surface area contributed by atoms with Crippen LogP contribution in [0.3, 0.4) is 0 Å². The fourth-order valence-electron chi connectivity index (χ4n) is 2.86. The summed E-state index contributed by atoms with van der Waals surface area (Å²) in [7, 11) is 0. The van der Waals surface area contributed by atoms with E-state index in [2.05, 4.69) is 19.2 Å². The first-order valence-electron chi connectivity index (χ1n) is 7.58. The van der Waals surface area contributed by atoms with Crippen molar-refractivity contribution in [3.8, 4) is 0 Å². The molecule has 0 spiro atoms. The Labute approximate surface area is 102 Å². The average molecular weight is 225 g/mol. The van der Waals surface area contributed by atoms with E-state index in [4.69, 9.17) is 0 Å². The zero-order chi connectivity index (χ0) is 11.6. The summed E-state index contributed by atoms with van der Waals surface area (Å²) in [6.07, 6.45) is 14.3. The molecule has 0 saturated heterocycles. The highest BCUT2D eigenvalue weighted by Crippen LogP contribution is 2.27. The average Bonchev–Trinajstić information content (AvgIpc) is 2.81. The normalized spacial score (nSPS) is 19.1. The van der Waals surface area contributed by atoms with Crippen LogP contribution in [0.1, 0.15) is 78.1 Å². The minimum absolute atomic E-state index is 0.762. The van der Waals surface area contributed by atoms with Crippen molar-refractivity contribution in [2.24, 2.45) is 5.92 Å². The van der Waals surface area contributed by atoms with Gasteiger partial charge in [0.2, 0.25) is 0 Å². The fourth-order valence-corrected chi connectivity index (χ4v) is 2.86. The van der Waals surface area contributed by atoms with Crippen LogP contribution < -0.4 is 5.32 Å². The minimum atomic E-state index is 0.762. The van der Waals surface area contributed by atoms with Gasteiger partial charge >= 0.3 is 0 Å². The molecular weight excluding hydrogens is 194 g/mol. The van der Waals surface area contributed by atoms with Crippen molar-refractivity contribution in [3.05, 3.63) is 0 Å². The van der Waals surface area contributed by atoms with Gasteiger partial charge in [-0.2, -0.15) is 0 Å². The van der Waals surface area contributed by atoms with Crippen LogP contribution in [-0.4, -0.2) is 12.6 Å². The van der Waals surface area contributed by atoms with E-state index in [-0.39, 0.29) is 0 Å². The van der Waals surface area contributed by atoms with E-state index in [1.54, 1.807) is 0 Å². The number of hydrogen-bond donors (Lipinski definition) is 1. The largest absolute Gasteiger partial charge is 0.314 e. The van der Waals surface area contributed by atoms with Gasteiger partial charge in [-0.15, -0.1) is 0 Å². The molecule has 1 atom stereocenters. The van der Waals surface area contributed by atoms with Gasteiger partial charge in [0.05, 0.1) is 0 Å². The summed E-state index contributed by atoms with van der Waals surface area (Å²) in [5.74, 6) is 0.972. The van der Waals surface area contributed by atoms with Crippen molar-refractivity contribution in [2.45, 2.75) is 84.1 Å². The van der Waals surface area contributed by atoms with Crippen molar-refractivity contribution >= 4 is 0 Å². The van der Waals surface area contributed by atoms with E-state index in [0.717, 1.165) is 12.0 Å². The topological polar surface area (TPSA) is 12.0 Å². The number of nitrogens with one attached hydrogen (secondary N) is 1. The highest BCUT2D eigenvalue weighted by molar-refractivity contribution is 4.76. The second kappa shape index (κ2) is 9.04. The Hall–Kier alpha value is -0.0400. The monoisotopic (exact) mass is 225 g/mol. The van der Waals surface area contributed by atoms with Crippen LogP contribution in [0, 0.1) is 5.92 Å². The van der Waals surface area contributed by atoms with E-state index in [1.165, 1.54) is 70.8 Å². The molecule has 1 heteroatoms. The lowest BCUT2D eigenvalue weighted by molar-refractivity contribution is 0.377. The van der Waals surface area contributed by atoms with E-state index >= 15 is 0 Å². The summed E-state index contributed by atoms with van der Waals surface area (Å²) in [6, 6.07) is 0.762. The van der Waals surface area contributed by atoms with Crippen LogP contribution in [0.15, 0.2) is 0 Å². The Morgan fingerprint density at radius 1 is 1.00 bits per heavy atom. The molecule has 1 nitrogen and oxygen atoms in total. The first-order chi connectivity index (χ1) is 7.84.